The number of carbonyl (C=O) groups excluding carboxylic acids is 2. The van der Waals surface area contributed by atoms with Crippen LogP contribution in [-0.4, -0.2) is 41.4 Å². The molecular formula is C33H33N3O6S. The predicted molar refractivity (Wildman–Crippen MR) is 165 cm³/mol. The highest BCUT2D eigenvalue weighted by atomic mass is 32.1. The zero-order valence-electron chi connectivity index (χ0n) is 25.0. The molecule has 10 heteroatoms. The molecule has 0 spiro atoms. The van der Waals surface area contributed by atoms with Gasteiger partial charge in [-0.1, -0.05) is 23.5 Å². The number of ether oxygens (including phenoxy) is 3. The number of methoxy groups -OCH3 is 1. The van der Waals surface area contributed by atoms with Crippen LogP contribution >= 0.6 is 11.3 Å². The van der Waals surface area contributed by atoms with Crippen LogP contribution in [0.15, 0.2) is 75.7 Å². The van der Waals surface area contributed by atoms with Gasteiger partial charge in [0.05, 0.1) is 47.7 Å². The van der Waals surface area contributed by atoms with Crippen molar-refractivity contribution in [3.8, 4) is 11.4 Å². The third-order valence-electron chi connectivity index (χ3n) is 7.34. The standard InChI is InChI=1S/C33H33N3O6S/c1-7-41-31(38)23-9-13-25(14-10-23)35-19(3)17-24(21(35)5)18-27-30(37)36-29(22-11-15-26(40-6)16-12-22)28(32(39)42-8-2)20(4)34-33(36)43-27/h9-18,29H,7-8H2,1-6H3/b27-18+/t29-/m0/s1. The Morgan fingerprint density at radius 2 is 1.60 bits per heavy atom. The van der Waals surface area contributed by atoms with Crippen molar-refractivity contribution in [3.05, 3.63) is 114 Å². The number of hydrogen-bond donors (Lipinski definition) is 0. The van der Waals surface area contributed by atoms with Gasteiger partial charge < -0.3 is 18.8 Å². The first-order valence-corrected chi connectivity index (χ1v) is 14.8. The van der Waals surface area contributed by atoms with Gasteiger partial charge >= 0.3 is 11.9 Å². The number of benzene rings is 2. The SMILES string of the molecule is CCOC(=O)C1=C(C)N=c2s/c(=C/c3cc(C)n(-c4ccc(C(=O)OCC)cc4)c3C)c(=O)n2[C@H]1c1ccc(OC)cc1. The largest absolute Gasteiger partial charge is 0.497 e. The minimum absolute atomic E-state index is 0.205. The van der Waals surface area contributed by atoms with E-state index >= 15 is 0 Å². The molecule has 2 aromatic heterocycles. The second-order valence-corrected chi connectivity index (χ2v) is 11.0. The van der Waals surface area contributed by atoms with Gasteiger partial charge in [-0.3, -0.25) is 9.36 Å². The fourth-order valence-corrected chi connectivity index (χ4v) is 6.36. The van der Waals surface area contributed by atoms with Crippen molar-refractivity contribution >= 4 is 29.4 Å². The normalized spacial score (nSPS) is 14.7. The van der Waals surface area contributed by atoms with Gasteiger partial charge in [0.25, 0.3) is 5.56 Å². The number of fused-ring (bicyclic) bond motifs is 1. The van der Waals surface area contributed by atoms with Crippen molar-refractivity contribution in [1.82, 2.24) is 9.13 Å². The van der Waals surface area contributed by atoms with Crippen LogP contribution < -0.4 is 19.6 Å². The smallest absolute Gasteiger partial charge is 0.338 e. The molecule has 5 rings (SSSR count). The summed E-state index contributed by atoms with van der Waals surface area (Å²) in [4.78, 5) is 44.4. The fourth-order valence-electron chi connectivity index (χ4n) is 5.33. The average molecular weight is 600 g/mol. The first-order valence-electron chi connectivity index (χ1n) is 14.0. The minimum Gasteiger partial charge on any atom is -0.497 e. The summed E-state index contributed by atoms with van der Waals surface area (Å²) in [6, 6.07) is 15.8. The van der Waals surface area contributed by atoms with Crippen molar-refractivity contribution in [2.45, 2.75) is 40.7 Å². The van der Waals surface area contributed by atoms with E-state index in [1.807, 2.05) is 50.3 Å². The minimum atomic E-state index is -0.700. The van der Waals surface area contributed by atoms with Crippen LogP contribution in [-0.2, 0) is 14.3 Å². The second-order valence-electron chi connectivity index (χ2n) is 10.0. The zero-order chi connectivity index (χ0) is 30.8. The molecule has 0 saturated heterocycles. The number of rotatable bonds is 8. The predicted octanol–water partition coefficient (Wildman–Crippen LogP) is 4.39. The van der Waals surface area contributed by atoms with Gasteiger partial charge in [0, 0.05) is 17.1 Å². The summed E-state index contributed by atoms with van der Waals surface area (Å²) in [5.74, 6) is -0.197. The van der Waals surface area contributed by atoms with Crippen molar-refractivity contribution in [2.24, 2.45) is 4.99 Å². The van der Waals surface area contributed by atoms with E-state index in [4.69, 9.17) is 14.2 Å². The Labute approximate surface area is 253 Å². The monoisotopic (exact) mass is 599 g/mol. The van der Waals surface area contributed by atoms with Crippen molar-refractivity contribution < 1.29 is 23.8 Å². The van der Waals surface area contributed by atoms with Crippen LogP contribution in [0.25, 0.3) is 11.8 Å². The molecule has 1 atom stereocenters. The van der Waals surface area contributed by atoms with E-state index in [1.54, 1.807) is 56.7 Å². The molecule has 1 aliphatic rings. The molecule has 9 nitrogen and oxygen atoms in total. The number of hydrogen-bond acceptors (Lipinski definition) is 8. The number of esters is 2. The summed E-state index contributed by atoms with van der Waals surface area (Å²) in [6.45, 7) is 9.78. The van der Waals surface area contributed by atoms with Gasteiger partial charge in [0.2, 0.25) is 0 Å². The summed E-state index contributed by atoms with van der Waals surface area (Å²) >= 11 is 1.28. The van der Waals surface area contributed by atoms with E-state index in [-0.39, 0.29) is 18.1 Å². The van der Waals surface area contributed by atoms with E-state index in [1.165, 1.54) is 11.3 Å². The number of nitrogens with zero attached hydrogens (tertiary/aromatic N) is 3. The molecule has 4 aromatic rings. The van der Waals surface area contributed by atoms with Gasteiger partial charge in [-0.05, 0) is 94.3 Å². The Morgan fingerprint density at radius 1 is 0.953 bits per heavy atom. The molecule has 0 unspecified atom stereocenters. The van der Waals surface area contributed by atoms with Crippen LogP contribution in [0.3, 0.4) is 0 Å². The van der Waals surface area contributed by atoms with Gasteiger partial charge in [0.15, 0.2) is 4.80 Å². The van der Waals surface area contributed by atoms with Crippen molar-refractivity contribution in [1.29, 1.82) is 0 Å². The lowest BCUT2D eigenvalue weighted by Crippen LogP contribution is -2.39. The Bertz CT molecular complexity index is 1910. The third-order valence-corrected chi connectivity index (χ3v) is 8.33. The van der Waals surface area contributed by atoms with Crippen LogP contribution in [0.2, 0.25) is 0 Å². The number of carbonyl (C=O) groups is 2. The van der Waals surface area contributed by atoms with Gasteiger partial charge in [-0.2, -0.15) is 0 Å². The first-order chi connectivity index (χ1) is 20.7. The molecule has 1 aliphatic heterocycles. The molecule has 0 bridgehead atoms. The van der Waals surface area contributed by atoms with Crippen molar-refractivity contribution in [3.63, 3.8) is 0 Å². The molecule has 0 amide bonds. The van der Waals surface area contributed by atoms with Gasteiger partial charge in [-0.15, -0.1) is 0 Å². The maximum atomic E-state index is 14.0. The van der Waals surface area contributed by atoms with Crippen LogP contribution in [0, 0.1) is 13.8 Å². The lowest BCUT2D eigenvalue weighted by Gasteiger charge is -2.24. The van der Waals surface area contributed by atoms with E-state index in [2.05, 4.69) is 9.56 Å². The Morgan fingerprint density at radius 3 is 2.23 bits per heavy atom. The molecule has 2 aromatic carbocycles. The highest BCUT2D eigenvalue weighted by Gasteiger charge is 2.33. The molecule has 0 radical (unpaired) electrons. The number of aromatic nitrogens is 2. The number of thiazole rings is 1. The maximum absolute atomic E-state index is 14.0. The van der Waals surface area contributed by atoms with E-state index < -0.39 is 12.0 Å². The van der Waals surface area contributed by atoms with Gasteiger partial charge in [0.1, 0.15) is 5.75 Å². The first kappa shape index (κ1) is 29.8. The fraction of sp³-hybridized carbons (Fsp3) is 0.273. The summed E-state index contributed by atoms with van der Waals surface area (Å²) in [7, 11) is 1.59. The highest BCUT2D eigenvalue weighted by molar-refractivity contribution is 7.07. The van der Waals surface area contributed by atoms with Crippen LogP contribution in [0.4, 0.5) is 0 Å². The summed E-state index contributed by atoms with van der Waals surface area (Å²) in [6.07, 6.45) is 1.87. The summed E-state index contributed by atoms with van der Waals surface area (Å²) in [5, 5.41) is 0. The second kappa shape index (κ2) is 12.3. The Balaban J connectivity index is 1.61. The molecule has 0 aliphatic carbocycles. The van der Waals surface area contributed by atoms with E-state index in [0.717, 1.165) is 28.2 Å². The highest BCUT2D eigenvalue weighted by Crippen LogP contribution is 2.31. The summed E-state index contributed by atoms with van der Waals surface area (Å²) < 4.78 is 19.9. The Kier molecular flexibility index (Phi) is 8.50. The number of allylic oxidation sites excluding steroid dienone is 1. The van der Waals surface area contributed by atoms with E-state index in [9.17, 15) is 14.4 Å². The molecule has 222 valence electrons. The molecule has 43 heavy (non-hydrogen) atoms. The van der Waals surface area contributed by atoms with Gasteiger partial charge in [-0.25, -0.2) is 14.6 Å². The molecule has 0 N–H and O–H groups in total. The Hall–Kier alpha value is -4.70. The summed E-state index contributed by atoms with van der Waals surface area (Å²) in [5.41, 5.74) is 5.49. The number of aryl methyl sites for hydroxylation is 1. The lowest BCUT2D eigenvalue weighted by molar-refractivity contribution is -0.139. The third kappa shape index (κ3) is 5.58. The molecule has 0 saturated carbocycles. The topological polar surface area (TPSA) is 101 Å². The molecular weight excluding hydrogens is 566 g/mol. The lowest BCUT2D eigenvalue weighted by atomic mass is 9.96. The maximum Gasteiger partial charge on any atom is 0.338 e. The quantitative estimate of drug-likeness (QED) is 0.279. The average Bonchev–Trinajstić information content (AvgIpc) is 3.45. The molecule has 3 heterocycles. The molecule has 0 fully saturated rings. The van der Waals surface area contributed by atoms with E-state index in [0.29, 0.717) is 38.5 Å². The van der Waals surface area contributed by atoms with Crippen LogP contribution in [0.5, 0.6) is 5.75 Å². The van der Waals surface area contributed by atoms with Crippen LogP contribution in [0.1, 0.15) is 59.7 Å². The van der Waals surface area contributed by atoms with Crippen molar-refractivity contribution in [2.75, 3.05) is 20.3 Å². The zero-order valence-corrected chi connectivity index (χ0v) is 25.8.